The zero-order valence-corrected chi connectivity index (χ0v) is 20.4. The van der Waals surface area contributed by atoms with Crippen molar-refractivity contribution in [3.05, 3.63) is 61.2 Å². The summed E-state index contributed by atoms with van der Waals surface area (Å²) in [7, 11) is 3.02. The van der Waals surface area contributed by atoms with Crippen molar-refractivity contribution < 1.29 is 42.6 Å². The molecule has 1 aliphatic heterocycles. The van der Waals surface area contributed by atoms with Gasteiger partial charge in [-0.05, 0) is 11.8 Å². The van der Waals surface area contributed by atoms with E-state index in [-0.39, 0.29) is 51.1 Å². The van der Waals surface area contributed by atoms with Crippen LogP contribution in [0.5, 0.6) is 0 Å². The van der Waals surface area contributed by atoms with Gasteiger partial charge in [0.15, 0.2) is 0 Å². The molecule has 0 unspecified atom stereocenters. The summed E-state index contributed by atoms with van der Waals surface area (Å²) >= 11 is 11.9. The Morgan fingerprint density at radius 1 is 1.29 bits per heavy atom. The quantitative estimate of drug-likeness (QED) is 0.193. The number of guanidine groups is 1. The van der Waals surface area contributed by atoms with Crippen LogP contribution in [-0.4, -0.2) is 35.7 Å². The van der Waals surface area contributed by atoms with Crippen molar-refractivity contribution in [3.63, 3.8) is 0 Å². The van der Waals surface area contributed by atoms with Crippen LogP contribution in [0.15, 0.2) is 29.0 Å². The molecule has 0 spiro atoms. The van der Waals surface area contributed by atoms with Gasteiger partial charge >= 0.3 is 0 Å². The molecule has 6 N–H and O–H groups in total. The number of nitrogens with one attached hydrogen (secondary N) is 4. The third kappa shape index (κ3) is 10.2. The molecule has 1 aliphatic rings. The molecule has 0 saturated heterocycles. The first-order valence-corrected chi connectivity index (χ1v) is 10.5. The van der Waals surface area contributed by atoms with Crippen LogP contribution in [-0.2, 0) is 37.5 Å². The average Bonchev–Trinajstić information content (AvgIpc) is 2.61. The van der Waals surface area contributed by atoms with Crippen LogP contribution in [0.1, 0.15) is 5.56 Å². The molecular weight excluding hydrogens is 526 g/mol. The van der Waals surface area contributed by atoms with Gasteiger partial charge in [-0.2, -0.15) is 0 Å². The van der Waals surface area contributed by atoms with Crippen molar-refractivity contribution in [1.29, 1.82) is 0 Å². The maximum absolute atomic E-state index is 9.63. The number of hydrogen-bond donors (Lipinski definition) is 3. The van der Waals surface area contributed by atoms with Crippen molar-refractivity contribution in [3.8, 4) is 0 Å². The van der Waals surface area contributed by atoms with Gasteiger partial charge < -0.3 is 37.9 Å². The van der Waals surface area contributed by atoms with Crippen molar-refractivity contribution in [2.75, 3.05) is 24.7 Å². The number of hydrazine groups is 1. The molecule has 0 bridgehead atoms. The molecule has 0 aliphatic carbocycles. The van der Waals surface area contributed by atoms with Crippen LogP contribution in [0.2, 0.25) is 10.0 Å². The van der Waals surface area contributed by atoms with Gasteiger partial charge in [0.25, 0.3) is 5.09 Å². The summed E-state index contributed by atoms with van der Waals surface area (Å²) in [6.07, 6.45) is 0. The largest absolute Gasteiger partial charge is 0.677 e. The molecule has 15 heteroatoms. The molecule has 153 valence electrons. The summed E-state index contributed by atoms with van der Waals surface area (Å²) in [5.74, 6) is 1.47. The van der Waals surface area contributed by atoms with Crippen LogP contribution in [0, 0.1) is 10.1 Å². The number of benzene rings is 1. The normalized spacial score (nSPS) is 12.5. The molecule has 0 atom stereocenters. The number of halogens is 2. The smallest absolute Gasteiger partial charge is 0.294 e. The fraction of sp³-hybridized carbons (Fsp3) is 0.308. The number of nitrogens with two attached hydrogens (primary N) is 1. The molecule has 0 amide bonds. The summed E-state index contributed by atoms with van der Waals surface area (Å²) in [5.41, 5.74) is 26.1. The second kappa shape index (κ2) is 15.2. The van der Waals surface area contributed by atoms with E-state index in [4.69, 9.17) is 40.4 Å². The predicted octanol–water partition coefficient (Wildman–Crippen LogP) is 3.72. The zero-order chi connectivity index (χ0) is 20.2. The standard InChI is InChI=1S/C9H8Cl2N5.C4H9N2O3S2.Y/c10-5-3-1-2-4(6(5)11)7-8(12)14-9(13)16-15-7;5-1-3-10-11-4-2-9-6(7)8;/h1-3,15H,12H2,(H2-,13,14,16);5H,1-4H2;/q2*-1;. The van der Waals surface area contributed by atoms with Crippen molar-refractivity contribution in [2.45, 2.75) is 0 Å². The Morgan fingerprint density at radius 3 is 2.57 bits per heavy atom. The Kier molecular flexibility index (Phi) is 14.9. The maximum atomic E-state index is 9.63. The predicted molar refractivity (Wildman–Crippen MR) is 113 cm³/mol. The van der Waals surface area contributed by atoms with Gasteiger partial charge in [0.2, 0.25) is 0 Å². The van der Waals surface area contributed by atoms with Gasteiger partial charge in [0.1, 0.15) is 6.61 Å². The number of aliphatic imine (C=N–C) groups is 1. The van der Waals surface area contributed by atoms with Gasteiger partial charge in [0.05, 0.1) is 21.6 Å². The summed E-state index contributed by atoms with van der Waals surface area (Å²) in [6, 6.07) is 5.19. The van der Waals surface area contributed by atoms with Crippen LogP contribution < -0.4 is 16.6 Å². The van der Waals surface area contributed by atoms with Gasteiger partial charge in [-0.3, -0.25) is 0 Å². The van der Waals surface area contributed by atoms with E-state index in [1.807, 2.05) is 0 Å². The number of rotatable bonds is 8. The minimum atomic E-state index is -0.796. The minimum absolute atomic E-state index is 0. The van der Waals surface area contributed by atoms with Gasteiger partial charge in [0, 0.05) is 50.0 Å². The first-order chi connectivity index (χ1) is 12.9. The number of hydrogen-bond acceptors (Lipinski definition) is 9. The van der Waals surface area contributed by atoms with Crippen LogP contribution in [0.25, 0.3) is 17.2 Å². The van der Waals surface area contributed by atoms with E-state index >= 15 is 0 Å². The Labute approximate surface area is 205 Å². The Bertz CT molecular complexity index is 713. The van der Waals surface area contributed by atoms with Crippen molar-refractivity contribution in [1.82, 2.24) is 10.9 Å². The molecule has 10 nitrogen and oxygen atoms in total. The minimum Gasteiger partial charge on any atom is -0.677 e. The van der Waals surface area contributed by atoms with E-state index in [2.05, 4.69) is 20.7 Å². The van der Waals surface area contributed by atoms with Crippen molar-refractivity contribution >= 4 is 56.4 Å². The molecule has 1 radical (unpaired) electrons. The Morgan fingerprint density at radius 2 is 1.96 bits per heavy atom. The third-order valence-electron chi connectivity index (χ3n) is 2.65. The molecule has 0 aromatic heterocycles. The molecule has 1 aromatic carbocycles. The first kappa shape index (κ1) is 27.4. The fourth-order valence-corrected chi connectivity index (χ4v) is 3.62. The maximum Gasteiger partial charge on any atom is 0.294 e. The SMILES string of the molecule is [NH-]C1=NC(N)=C(c2cccc(Cl)c2Cl)NN1.[NH-]CCSSCCO[N+](=O)[O-].[Y]. The summed E-state index contributed by atoms with van der Waals surface area (Å²) in [4.78, 5) is 17.5. The second-order valence-corrected chi connectivity index (χ2v) is 8.01. The van der Waals surface area contributed by atoms with E-state index in [9.17, 15) is 10.1 Å². The Balaban J connectivity index is 0.000000541. The van der Waals surface area contributed by atoms with Crippen LogP contribution >= 0.6 is 44.8 Å². The summed E-state index contributed by atoms with van der Waals surface area (Å²) in [5, 5.41) is 9.65. The average molecular weight is 543 g/mol. The summed E-state index contributed by atoms with van der Waals surface area (Å²) < 4.78 is 0. The van der Waals surface area contributed by atoms with Gasteiger partial charge in [-0.25, -0.2) is 0 Å². The molecule has 2 rings (SSSR count). The first-order valence-electron chi connectivity index (χ1n) is 7.29. The van der Waals surface area contributed by atoms with E-state index < -0.39 is 5.09 Å². The van der Waals surface area contributed by atoms with E-state index in [1.165, 1.54) is 21.6 Å². The fourth-order valence-electron chi connectivity index (χ4n) is 1.60. The van der Waals surface area contributed by atoms with E-state index in [0.717, 1.165) is 5.75 Å². The Hall–Kier alpha value is -0.626. The molecule has 0 fully saturated rings. The molecule has 1 heterocycles. The molecule has 28 heavy (non-hydrogen) atoms. The molecule has 0 saturated carbocycles. The van der Waals surface area contributed by atoms with Crippen LogP contribution in [0.3, 0.4) is 0 Å². The molecule has 1 aromatic rings. The monoisotopic (exact) mass is 542 g/mol. The second-order valence-electron chi connectivity index (χ2n) is 4.52. The topological polar surface area (TPSA) is 162 Å². The van der Waals surface area contributed by atoms with E-state index in [0.29, 0.717) is 33.6 Å². The van der Waals surface area contributed by atoms with Gasteiger partial charge in [-0.15, -0.1) is 16.7 Å². The zero-order valence-electron chi connectivity index (χ0n) is 14.4. The van der Waals surface area contributed by atoms with Gasteiger partial charge in [-0.1, -0.05) is 56.9 Å². The summed E-state index contributed by atoms with van der Waals surface area (Å²) in [6.45, 7) is 0.510. The molecular formula is C13H17Cl2N7O3S2Y-2. The number of nitrogens with zero attached hydrogens (tertiary/aromatic N) is 2. The van der Waals surface area contributed by atoms with Crippen LogP contribution in [0.4, 0.5) is 0 Å². The van der Waals surface area contributed by atoms with Crippen molar-refractivity contribution in [2.24, 2.45) is 10.7 Å². The third-order valence-corrected chi connectivity index (χ3v) is 5.84. The van der Waals surface area contributed by atoms with E-state index in [1.54, 1.807) is 18.2 Å².